The summed E-state index contributed by atoms with van der Waals surface area (Å²) in [4.78, 5) is 20.5. The molecule has 2 rings (SSSR count). The summed E-state index contributed by atoms with van der Waals surface area (Å²) >= 11 is 0. The maximum atomic E-state index is 10.4. The van der Waals surface area contributed by atoms with E-state index in [-0.39, 0.29) is 0 Å². The summed E-state index contributed by atoms with van der Waals surface area (Å²) in [5.41, 5.74) is 2.91. The van der Waals surface area contributed by atoms with Gasteiger partial charge in [-0.3, -0.25) is 14.9 Å². The molecule has 0 amide bonds. The number of aliphatic carboxylic acids is 2. The lowest BCUT2D eigenvalue weighted by Crippen LogP contribution is -2.45. The molecule has 1 fully saturated rings. The summed E-state index contributed by atoms with van der Waals surface area (Å²) < 4.78 is 0. The standard InChI is InChI=1S/C7H14N2O2.C5H7NO2/c1-6(7(10)11)8-9-4-2-3-5-9;7-5(8)4-2-1-3-6-4/h6,8H,2-5H2,1H3,(H,10,11);1-2,4,6H,3H2,(H,7,8). The first-order valence-corrected chi connectivity index (χ1v) is 6.37. The van der Waals surface area contributed by atoms with Crippen LogP contribution in [0.3, 0.4) is 0 Å². The number of hydrogen-bond donors (Lipinski definition) is 4. The summed E-state index contributed by atoms with van der Waals surface area (Å²) in [5.74, 6) is -1.60. The Labute approximate surface area is 112 Å². The third-order valence-corrected chi connectivity index (χ3v) is 2.90. The third kappa shape index (κ3) is 5.82. The van der Waals surface area contributed by atoms with Crippen molar-refractivity contribution in [3.8, 4) is 0 Å². The van der Waals surface area contributed by atoms with Crippen LogP contribution < -0.4 is 10.7 Å². The van der Waals surface area contributed by atoms with Crippen molar-refractivity contribution in [2.75, 3.05) is 19.6 Å². The SMILES string of the molecule is CC(NN1CCCC1)C(=O)O.O=C(O)C1C=CCN1. The summed E-state index contributed by atoms with van der Waals surface area (Å²) in [6.45, 7) is 4.27. The second kappa shape index (κ2) is 7.88. The highest BCUT2D eigenvalue weighted by Crippen LogP contribution is 2.04. The van der Waals surface area contributed by atoms with Crippen molar-refractivity contribution in [3.05, 3.63) is 12.2 Å². The van der Waals surface area contributed by atoms with Crippen molar-refractivity contribution < 1.29 is 19.8 Å². The van der Waals surface area contributed by atoms with Crippen LogP contribution in [0.5, 0.6) is 0 Å². The highest BCUT2D eigenvalue weighted by Gasteiger charge is 2.17. The highest BCUT2D eigenvalue weighted by atomic mass is 16.4. The van der Waals surface area contributed by atoms with Crippen molar-refractivity contribution in [1.29, 1.82) is 0 Å². The zero-order valence-corrected chi connectivity index (χ0v) is 11.0. The zero-order chi connectivity index (χ0) is 14.3. The van der Waals surface area contributed by atoms with Crippen LogP contribution in [-0.2, 0) is 9.59 Å². The molecule has 4 N–H and O–H groups in total. The number of nitrogens with zero attached hydrogens (tertiary/aromatic N) is 1. The molecule has 2 unspecified atom stereocenters. The maximum absolute atomic E-state index is 10.4. The number of carboxylic acids is 2. The Morgan fingerprint density at radius 2 is 2.00 bits per heavy atom. The minimum Gasteiger partial charge on any atom is -0.480 e. The molecule has 0 bridgehead atoms. The minimum absolute atomic E-state index is 0.449. The summed E-state index contributed by atoms with van der Waals surface area (Å²) in [6, 6.07) is -0.914. The Morgan fingerprint density at radius 1 is 1.37 bits per heavy atom. The molecule has 2 aliphatic heterocycles. The summed E-state index contributed by atoms with van der Waals surface area (Å²) in [6.07, 6.45) is 5.78. The van der Waals surface area contributed by atoms with Crippen LogP contribution in [-0.4, -0.2) is 58.9 Å². The molecule has 0 radical (unpaired) electrons. The van der Waals surface area contributed by atoms with Gasteiger partial charge in [0.1, 0.15) is 12.1 Å². The smallest absolute Gasteiger partial charge is 0.324 e. The van der Waals surface area contributed by atoms with Crippen LogP contribution in [0.1, 0.15) is 19.8 Å². The molecule has 2 aliphatic rings. The van der Waals surface area contributed by atoms with Crippen molar-refractivity contribution in [2.45, 2.75) is 31.8 Å². The molecule has 108 valence electrons. The van der Waals surface area contributed by atoms with Gasteiger partial charge in [0.15, 0.2) is 0 Å². The Balaban J connectivity index is 0.000000200. The Kier molecular flexibility index (Phi) is 6.48. The molecule has 1 saturated heterocycles. The van der Waals surface area contributed by atoms with E-state index in [1.54, 1.807) is 19.1 Å². The van der Waals surface area contributed by atoms with Crippen LogP contribution >= 0.6 is 0 Å². The molecule has 19 heavy (non-hydrogen) atoms. The first-order valence-electron chi connectivity index (χ1n) is 6.37. The monoisotopic (exact) mass is 271 g/mol. The number of carboxylic acid groups (broad SMARTS) is 2. The molecular formula is C12H21N3O4. The second-order valence-corrected chi connectivity index (χ2v) is 4.54. The molecule has 2 heterocycles. The largest absolute Gasteiger partial charge is 0.480 e. The first-order chi connectivity index (χ1) is 9.00. The molecule has 7 nitrogen and oxygen atoms in total. The molecule has 2 atom stereocenters. The zero-order valence-electron chi connectivity index (χ0n) is 11.0. The number of carbonyl (C=O) groups is 2. The van der Waals surface area contributed by atoms with Gasteiger partial charge >= 0.3 is 11.9 Å². The fourth-order valence-corrected chi connectivity index (χ4v) is 1.81. The van der Waals surface area contributed by atoms with Crippen LogP contribution in [0.25, 0.3) is 0 Å². The van der Waals surface area contributed by atoms with Gasteiger partial charge in [-0.05, 0) is 19.8 Å². The van der Waals surface area contributed by atoms with Gasteiger partial charge in [0, 0.05) is 19.6 Å². The predicted octanol–water partition coefficient (Wildman–Crippen LogP) is -0.341. The third-order valence-electron chi connectivity index (χ3n) is 2.90. The lowest BCUT2D eigenvalue weighted by molar-refractivity contribution is -0.140. The van der Waals surface area contributed by atoms with E-state index in [0.717, 1.165) is 13.1 Å². The van der Waals surface area contributed by atoms with E-state index in [4.69, 9.17) is 10.2 Å². The Hall–Kier alpha value is -1.44. The molecule has 0 aromatic rings. The van der Waals surface area contributed by atoms with Crippen molar-refractivity contribution in [3.63, 3.8) is 0 Å². The van der Waals surface area contributed by atoms with E-state index in [9.17, 15) is 9.59 Å². The van der Waals surface area contributed by atoms with Gasteiger partial charge < -0.3 is 10.2 Å². The number of hydrazine groups is 1. The van der Waals surface area contributed by atoms with Gasteiger partial charge in [-0.2, -0.15) is 0 Å². The average molecular weight is 271 g/mol. The van der Waals surface area contributed by atoms with Crippen LogP contribution in [0.2, 0.25) is 0 Å². The van der Waals surface area contributed by atoms with E-state index in [2.05, 4.69) is 10.7 Å². The lowest BCUT2D eigenvalue weighted by atomic mass is 10.3. The van der Waals surface area contributed by atoms with Crippen molar-refractivity contribution in [1.82, 2.24) is 15.8 Å². The van der Waals surface area contributed by atoms with E-state index < -0.39 is 24.0 Å². The molecular weight excluding hydrogens is 250 g/mol. The second-order valence-electron chi connectivity index (χ2n) is 4.54. The minimum atomic E-state index is -0.807. The van der Waals surface area contributed by atoms with Gasteiger partial charge in [0.25, 0.3) is 0 Å². The predicted molar refractivity (Wildman–Crippen MR) is 69.6 cm³/mol. The summed E-state index contributed by atoms with van der Waals surface area (Å²) in [7, 11) is 0. The maximum Gasteiger partial charge on any atom is 0.324 e. The lowest BCUT2D eigenvalue weighted by Gasteiger charge is -2.19. The Bertz CT molecular complexity index is 340. The van der Waals surface area contributed by atoms with Crippen LogP contribution in [0, 0.1) is 0 Å². The molecule has 0 aliphatic carbocycles. The fourth-order valence-electron chi connectivity index (χ4n) is 1.81. The number of hydrogen-bond acceptors (Lipinski definition) is 5. The number of rotatable bonds is 4. The van der Waals surface area contributed by atoms with Gasteiger partial charge in [0.2, 0.25) is 0 Å². The van der Waals surface area contributed by atoms with Gasteiger partial charge in [-0.15, -0.1) is 0 Å². The highest BCUT2D eigenvalue weighted by molar-refractivity contribution is 5.76. The number of nitrogens with one attached hydrogen (secondary N) is 2. The van der Waals surface area contributed by atoms with E-state index in [0.29, 0.717) is 6.54 Å². The normalized spacial score (nSPS) is 23.7. The van der Waals surface area contributed by atoms with E-state index in [1.165, 1.54) is 12.8 Å². The molecule has 0 spiro atoms. The molecule has 0 aromatic carbocycles. The van der Waals surface area contributed by atoms with Gasteiger partial charge in [-0.25, -0.2) is 10.4 Å². The molecule has 0 aromatic heterocycles. The van der Waals surface area contributed by atoms with Crippen LogP contribution in [0.15, 0.2) is 12.2 Å². The first kappa shape index (κ1) is 15.6. The van der Waals surface area contributed by atoms with E-state index >= 15 is 0 Å². The van der Waals surface area contributed by atoms with E-state index in [1.807, 2.05) is 5.01 Å². The van der Waals surface area contributed by atoms with Gasteiger partial charge in [0.05, 0.1) is 0 Å². The topological polar surface area (TPSA) is 102 Å². The quantitative estimate of drug-likeness (QED) is 0.519. The van der Waals surface area contributed by atoms with Gasteiger partial charge in [-0.1, -0.05) is 12.2 Å². The average Bonchev–Trinajstić information content (AvgIpc) is 3.02. The van der Waals surface area contributed by atoms with Crippen LogP contribution in [0.4, 0.5) is 0 Å². The summed E-state index contributed by atoms with van der Waals surface area (Å²) in [5, 5.41) is 21.6. The Morgan fingerprint density at radius 3 is 2.37 bits per heavy atom. The van der Waals surface area contributed by atoms with Crippen molar-refractivity contribution >= 4 is 11.9 Å². The van der Waals surface area contributed by atoms with Crippen molar-refractivity contribution in [2.24, 2.45) is 0 Å². The molecule has 7 heteroatoms. The molecule has 0 saturated carbocycles. The fraction of sp³-hybridized carbons (Fsp3) is 0.667.